The van der Waals surface area contributed by atoms with Crippen molar-refractivity contribution in [3.05, 3.63) is 57.5 Å². The van der Waals surface area contributed by atoms with Gasteiger partial charge < -0.3 is 4.74 Å². The molecule has 1 unspecified atom stereocenters. The number of ether oxygens (including phenoxy) is 1. The minimum atomic E-state index is -0.799. The van der Waals surface area contributed by atoms with Crippen molar-refractivity contribution in [3.8, 4) is 0 Å². The molecule has 0 bridgehead atoms. The molecule has 5 heteroatoms. The third-order valence-electron chi connectivity index (χ3n) is 3.05. The molecule has 0 aliphatic heterocycles. The van der Waals surface area contributed by atoms with E-state index in [2.05, 4.69) is 5.32 Å². The Morgan fingerprint density at radius 2 is 2.24 bits per heavy atom. The van der Waals surface area contributed by atoms with E-state index in [0.717, 1.165) is 10.4 Å². The number of nitrogens with one attached hydrogen (secondary N) is 1. The molecule has 0 aliphatic rings. The van der Waals surface area contributed by atoms with Crippen molar-refractivity contribution in [2.24, 2.45) is 0 Å². The summed E-state index contributed by atoms with van der Waals surface area (Å²) in [5, 5.41) is 5.05. The summed E-state index contributed by atoms with van der Waals surface area (Å²) >= 11 is 1.58. The van der Waals surface area contributed by atoms with Gasteiger partial charge in [-0.25, -0.2) is 9.18 Å². The second-order valence-electron chi connectivity index (χ2n) is 4.67. The summed E-state index contributed by atoms with van der Waals surface area (Å²) in [7, 11) is 0. The van der Waals surface area contributed by atoms with E-state index < -0.39 is 17.8 Å². The Morgan fingerprint density at radius 1 is 1.43 bits per heavy atom. The topological polar surface area (TPSA) is 38.3 Å². The molecule has 1 atom stereocenters. The number of hydrogen-bond donors (Lipinski definition) is 1. The highest BCUT2D eigenvalue weighted by atomic mass is 32.1. The summed E-state index contributed by atoms with van der Waals surface area (Å²) in [6, 6.07) is 7.84. The molecule has 0 saturated heterocycles. The van der Waals surface area contributed by atoms with Crippen molar-refractivity contribution >= 4 is 17.3 Å². The number of carbonyl (C=O) groups excluding carboxylic acids is 1. The predicted octanol–water partition coefficient (Wildman–Crippen LogP) is 3.59. The molecule has 0 spiro atoms. The van der Waals surface area contributed by atoms with Gasteiger partial charge in [-0.05, 0) is 31.4 Å². The van der Waals surface area contributed by atoms with Gasteiger partial charge in [-0.15, -0.1) is 11.3 Å². The molecular formula is C16H18FNO2S. The van der Waals surface area contributed by atoms with Crippen LogP contribution in [0.4, 0.5) is 4.39 Å². The average Bonchev–Trinajstić information content (AvgIpc) is 2.96. The van der Waals surface area contributed by atoms with E-state index in [-0.39, 0.29) is 6.61 Å². The van der Waals surface area contributed by atoms with Crippen LogP contribution in [0.15, 0.2) is 35.7 Å². The van der Waals surface area contributed by atoms with Gasteiger partial charge >= 0.3 is 5.97 Å². The highest BCUT2D eigenvalue weighted by Crippen LogP contribution is 2.21. The molecule has 0 amide bonds. The summed E-state index contributed by atoms with van der Waals surface area (Å²) in [4.78, 5) is 13.2. The lowest BCUT2D eigenvalue weighted by molar-refractivity contribution is -0.146. The fourth-order valence-electron chi connectivity index (χ4n) is 2.05. The smallest absolute Gasteiger partial charge is 0.327 e. The van der Waals surface area contributed by atoms with E-state index in [0.29, 0.717) is 12.1 Å². The molecule has 3 nitrogen and oxygen atoms in total. The number of halogens is 1. The van der Waals surface area contributed by atoms with Gasteiger partial charge in [0.05, 0.1) is 6.61 Å². The molecule has 21 heavy (non-hydrogen) atoms. The molecule has 1 aromatic carbocycles. The van der Waals surface area contributed by atoms with E-state index in [1.54, 1.807) is 30.4 Å². The molecule has 2 aromatic rings. The zero-order valence-corrected chi connectivity index (χ0v) is 12.9. The van der Waals surface area contributed by atoms with Gasteiger partial charge in [0.1, 0.15) is 11.9 Å². The van der Waals surface area contributed by atoms with Crippen LogP contribution in [-0.2, 0) is 16.1 Å². The molecule has 1 aromatic heterocycles. The summed E-state index contributed by atoms with van der Waals surface area (Å²) < 4.78 is 19.1. The Hall–Kier alpha value is -1.72. The first-order valence-electron chi connectivity index (χ1n) is 6.80. The van der Waals surface area contributed by atoms with Crippen molar-refractivity contribution < 1.29 is 13.9 Å². The number of thiophene rings is 1. The molecule has 0 aliphatic carbocycles. The van der Waals surface area contributed by atoms with E-state index in [1.807, 2.05) is 24.4 Å². The molecule has 112 valence electrons. The average molecular weight is 307 g/mol. The van der Waals surface area contributed by atoms with Gasteiger partial charge in [-0.2, -0.15) is 0 Å². The first-order chi connectivity index (χ1) is 10.1. The number of carbonyl (C=O) groups is 1. The Labute approximate surface area is 127 Å². The van der Waals surface area contributed by atoms with Crippen LogP contribution < -0.4 is 5.32 Å². The fourth-order valence-corrected chi connectivity index (χ4v) is 2.70. The fraction of sp³-hybridized carbons (Fsp3) is 0.312. The summed E-state index contributed by atoms with van der Waals surface area (Å²) in [6.45, 7) is 4.36. The van der Waals surface area contributed by atoms with Crippen LogP contribution in [0, 0.1) is 12.7 Å². The lowest BCUT2D eigenvalue weighted by atomic mass is 10.0. The Balaban J connectivity index is 2.22. The molecular weight excluding hydrogens is 289 g/mol. The minimum absolute atomic E-state index is 0.267. The maximum atomic E-state index is 14.0. The third kappa shape index (κ3) is 4.12. The van der Waals surface area contributed by atoms with Crippen LogP contribution in [0.1, 0.15) is 29.0 Å². The van der Waals surface area contributed by atoms with Gasteiger partial charge in [0.15, 0.2) is 0 Å². The number of benzene rings is 1. The van der Waals surface area contributed by atoms with Crippen LogP contribution >= 0.6 is 11.3 Å². The van der Waals surface area contributed by atoms with Crippen molar-refractivity contribution in [1.29, 1.82) is 0 Å². The molecule has 1 N–H and O–H groups in total. The molecule has 1 heterocycles. The lowest BCUT2D eigenvalue weighted by Crippen LogP contribution is -2.30. The Bertz CT molecular complexity index is 598. The minimum Gasteiger partial charge on any atom is -0.465 e. The van der Waals surface area contributed by atoms with Crippen molar-refractivity contribution in [1.82, 2.24) is 5.32 Å². The quantitative estimate of drug-likeness (QED) is 0.829. The zero-order chi connectivity index (χ0) is 15.2. The Kier molecular flexibility index (Phi) is 5.47. The number of rotatable bonds is 6. The normalized spacial score (nSPS) is 12.1. The predicted molar refractivity (Wildman–Crippen MR) is 81.7 cm³/mol. The van der Waals surface area contributed by atoms with E-state index in [4.69, 9.17) is 4.74 Å². The largest absolute Gasteiger partial charge is 0.465 e. The zero-order valence-electron chi connectivity index (χ0n) is 12.1. The second kappa shape index (κ2) is 7.33. The first kappa shape index (κ1) is 15.7. The maximum Gasteiger partial charge on any atom is 0.327 e. The lowest BCUT2D eigenvalue weighted by Gasteiger charge is -2.18. The SMILES string of the molecule is CCOC(=O)C(NCc1cccs1)c1cc(C)ccc1F. The monoisotopic (exact) mass is 307 g/mol. The molecule has 0 fully saturated rings. The van der Waals surface area contributed by atoms with E-state index in [1.165, 1.54) is 6.07 Å². The molecule has 0 saturated carbocycles. The Morgan fingerprint density at radius 3 is 2.90 bits per heavy atom. The van der Waals surface area contributed by atoms with E-state index in [9.17, 15) is 9.18 Å². The number of esters is 1. The number of hydrogen-bond acceptors (Lipinski definition) is 4. The highest BCUT2D eigenvalue weighted by Gasteiger charge is 2.24. The summed E-state index contributed by atoms with van der Waals surface area (Å²) in [5.41, 5.74) is 1.23. The second-order valence-corrected chi connectivity index (χ2v) is 5.70. The first-order valence-corrected chi connectivity index (χ1v) is 7.68. The summed E-state index contributed by atoms with van der Waals surface area (Å²) in [6.07, 6.45) is 0. The van der Waals surface area contributed by atoms with Gasteiger partial charge in [-0.1, -0.05) is 23.8 Å². The molecule has 0 radical (unpaired) electrons. The number of aryl methyl sites for hydroxylation is 1. The van der Waals surface area contributed by atoms with Crippen LogP contribution in [0.25, 0.3) is 0 Å². The van der Waals surface area contributed by atoms with Crippen LogP contribution in [0.5, 0.6) is 0 Å². The maximum absolute atomic E-state index is 14.0. The van der Waals surface area contributed by atoms with Crippen LogP contribution in [0.2, 0.25) is 0 Å². The summed E-state index contributed by atoms with van der Waals surface area (Å²) in [5.74, 6) is -0.865. The van der Waals surface area contributed by atoms with Crippen LogP contribution in [-0.4, -0.2) is 12.6 Å². The highest BCUT2D eigenvalue weighted by molar-refractivity contribution is 7.09. The van der Waals surface area contributed by atoms with Gasteiger partial charge in [0.25, 0.3) is 0 Å². The van der Waals surface area contributed by atoms with Crippen molar-refractivity contribution in [3.63, 3.8) is 0 Å². The van der Waals surface area contributed by atoms with Crippen molar-refractivity contribution in [2.45, 2.75) is 26.4 Å². The molecule has 2 rings (SSSR count). The van der Waals surface area contributed by atoms with Gasteiger partial charge in [0, 0.05) is 17.0 Å². The van der Waals surface area contributed by atoms with Crippen molar-refractivity contribution in [2.75, 3.05) is 6.61 Å². The van der Waals surface area contributed by atoms with E-state index >= 15 is 0 Å². The standard InChI is InChI=1S/C16H18FNO2S/c1-3-20-16(19)15(18-10-12-5-4-8-21-12)13-9-11(2)6-7-14(13)17/h4-9,15,18H,3,10H2,1-2H3. The van der Waals surface area contributed by atoms with Crippen LogP contribution in [0.3, 0.4) is 0 Å². The third-order valence-corrected chi connectivity index (χ3v) is 3.92. The van der Waals surface area contributed by atoms with Gasteiger partial charge in [-0.3, -0.25) is 5.32 Å². The van der Waals surface area contributed by atoms with Gasteiger partial charge in [0.2, 0.25) is 0 Å².